The van der Waals surface area contributed by atoms with E-state index in [9.17, 15) is 33.9 Å². The van der Waals surface area contributed by atoms with Gasteiger partial charge in [0, 0.05) is 153 Å². The molecular formula is C61H78Cl6N8O12. The number of ketones is 1. The van der Waals surface area contributed by atoms with E-state index in [1.165, 1.54) is 0 Å². The van der Waals surface area contributed by atoms with E-state index in [1.54, 1.807) is 97.3 Å². The number of phenolic OH excluding ortho intramolecular Hbond substituents is 1. The topological polar surface area (TPSA) is 212 Å². The van der Waals surface area contributed by atoms with Gasteiger partial charge in [-0.05, 0) is 149 Å². The number of phenols is 1. The molecule has 26 heteroatoms. The van der Waals surface area contributed by atoms with Crippen molar-refractivity contribution in [2.24, 2.45) is 5.92 Å². The molecule has 4 fully saturated rings. The Kier molecular flexibility index (Phi) is 27.3. The molecule has 0 spiro atoms. The van der Waals surface area contributed by atoms with Crippen LogP contribution in [-0.4, -0.2) is 193 Å². The van der Waals surface area contributed by atoms with E-state index >= 15 is 0 Å². The molecule has 0 radical (unpaired) electrons. The number of hydrogen-bond acceptors (Lipinski definition) is 15. The minimum absolute atomic E-state index is 0.0527. The normalized spacial score (nSPS) is 17.2. The predicted octanol–water partition coefficient (Wildman–Crippen LogP) is 11.9. The molecule has 4 aromatic rings. The Morgan fingerprint density at radius 3 is 1.15 bits per heavy atom. The van der Waals surface area contributed by atoms with Crippen molar-refractivity contribution in [3.05, 3.63) is 131 Å². The van der Waals surface area contributed by atoms with Crippen molar-refractivity contribution >= 4 is 106 Å². The van der Waals surface area contributed by atoms with Gasteiger partial charge in [0.1, 0.15) is 36.8 Å². The summed E-state index contributed by atoms with van der Waals surface area (Å²) in [4.78, 5) is 83.1. The summed E-state index contributed by atoms with van der Waals surface area (Å²) < 4.78 is 26.5. The van der Waals surface area contributed by atoms with Crippen molar-refractivity contribution in [2.45, 2.75) is 85.4 Å². The number of piperazine rings is 4. The Morgan fingerprint density at radius 2 is 0.793 bits per heavy atom. The number of benzene rings is 4. The number of aryl methyl sites for hydroxylation is 1. The van der Waals surface area contributed by atoms with Gasteiger partial charge in [-0.15, -0.1) is 0 Å². The zero-order valence-corrected chi connectivity index (χ0v) is 54.5. The van der Waals surface area contributed by atoms with Gasteiger partial charge in [-0.2, -0.15) is 0 Å². The molecule has 20 nitrogen and oxygen atoms in total. The summed E-state index contributed by atoms with van der Waals surface area (Å²) in [5.74, 6) is 0.290. The van der Waals surface area contributed by atoms with Gasteiger partial charge in [0.15, 0.2) is 5.78 Å². The van der Waals surface area contributed by atoms with Crippen molar-refractivity contribution in [1.82, 2.24) is 40.0 Å². The fourth-order valence-electron chi connectivity index (χ4n) is 9.52. The van der Waals surface area contributed by atoms with E-state index in [1.807, 2.05) is 41.5 Å². The first-order valence-electron chi connectivity index (χ1n) is 28.7. The molecule has 1 aliphatic carbocycles. The maximum Gasteiger partial charge on any atom is 0.410 e. The lowest BCUT2D eigenvalue weighted by atomic mass is 9.82. The van der Waals surface area contributed by atoms with Crippen LogP contribution in [0.25, 0.3) is 0 Å². The van der Waals surface area contributed by atoms with Gasteiger partial charge in [0.05, 0.1) is 0 Å². The zero-order valence-electron chi connectivity index (χ0n) is 50.0. The van der Waals surface area contributed by atoms with Crippen molar-refractivity contribution in [1.29, 1.82) is 0 Å². The van der Waals surface area contributed by atoms with Crippen LogP contribution in [0, 0.1) is 5.92 Å². The first-order valence-corrected chi connectivity index (χ1v) is 31.0. The number of carbonyl (C=O) groups is 6. The summed E-state index contributed by atoms with van der Waals surface area (Å²) in [6.45, 7) is 22.5. The fraction of sp³-hybridized carbons (Fsp3) is 0.508. The summed E-state index contributed by atoms with van der Waals surface area (Å²) in [6, 6.07) is 20.2. The highest BCUT2D eigenvalue weighted by atomic mass is 35.5. The molecule has 4 aromatic carbocycles. The third-order valence-electron chi connectivity index (χ3n) is 13.8. The highest BCUT2D eigenvalue weighted by Crippen LogP contribution is 2.30. The molecule has 5 amide bonds. The molecule has 87 heavy (non-hydrogen) atoms. The van der Waals surface area contributed by atoms with Crippen molar-refractivity contribution in [2.75, 3.05) is 111 Å². The van der Waals surface area contributed by atoms with Gasteiger partial charge < -0.3 is 63.9 Å². The summed E-state index contributed by atoms with van der Waals surface area (Å²) in [7, 11) is 0. The molecule has 1 unspecified atom stereocenters. The molecular weight excluding hydrogens is 1250 g/mol. The van der Waals surface area contributed by atoms with Crippen LogP contribution in [-0.2, 0) is 49.9 Å². The smallest absolute Gasteiger partial charge is 0.410 e. The number of ether oxygens (including phenoxy) is 5. The van der Waals surface area contributed by atoms with Crippen LogP contribution in [0.5, 0.6) is 5.75 Å². The standard InChI is InChI=1S/C23H24Cl2N2O4.C17H22Cl2N2O4.C12H14Cl2N2O2.C9H18N2O2/c24-18-9-15(10-19(25)12-18)14-31-23(30)27-7-5-26(6-8-27)13-17-2-1-16-11-20(28)3-4-21(16)22(17)29;1-17(2,3)25-16(23)21-6-4-20(5-7-21)15(22)24-11-12-8-13(18)10-14(19)9-12;13-10-5-9(6-11(14)7-10)8-18-12(17)16-3-1-15-2-4-16;1-9(2,3)13-8(12)11-6-4-10-5-7-11/h3-4,9-12,17,28H,1-2,5-8,13-14H2;8-10H,4-7,11H2,1-3H3;5-7,15H,1-4,8H2;10H,4-7H2,1-3H3. The lowest BCUT2D eigenvalue weighted by Gasteiger charge is -2.36. The van der Waals surface area contributed by atoms with Gasteiger partial charge in [0.25, 0.3) is 0 Å². The van der Waals surface area contributed by atoms with E-state index in [-0.39, 0.29) is 67.2 Å². The highest BCUT2D eigenvalue weighted by Gasteiger charge is 2.32. The summed E-state index contributed by atoms with van der Waals surface area (Å²) in [6.07, 6.45) is -0.0893. The van der Waals surface area contributed by atoms with Crippen LogP contribution in [0.3, 0.4) is 0 Å². The molecule has 4 saturated heterocycles. The SMILES string of the molecule is CC(C)(C)OC(=O)N1CCN(C(=O)OCc2cc(Cl)cc(Cl)c2)CC1.CC(C)(C)OC(=O)N1CCNCC1.O=C(OCc1cc(Cl)cc(Cl)c1)N1CCNCC1.O=C1c2ccc(O)cc2CCC1CN1CCN(C(=O)OCc2cc(Cl)cc(Cl)c2)CC1. The molecule has 476 valence electrons. The largest absolute Gasteiger partial charge is 0.508 e. The Labute approximate surface area is 539 Å². The number of nitrogens with one attached hydrogen (secondary N) is 2. The quantitative estimate of drug-likeness (QED) is 0.140. The maximum absolute atomic E-state index is 12.8. The Bertz CT molecular complexity index is 2920. The second-order valence-corrected chi connectivity index (χ2v) is 25.8. The zero-order chi connectivity index (χ0) is 63.4. The average Bonchev–Trinajstić information content (AvgIpc) is 1.74. The van der Waals surface area contributed by atoms with E-state index in [4.69, 9.17) is 93.3 Å². The monoisotopic (exact) mass is 1320 g/mol. The van der Waals surface area contributed by atoms with Gasteiger partial charge in [-0.3, -0.25) is 9.69 Å². The van der Waals surface area contributed by atoms with Crippen LogP contribution in [0.1, 0.15) is 80.6 Å². The Morgan fingerprint density at radius 1 is 0.471 bits per heavy atom. The number of hydrogen-bond donors (Lipinski definition) is 3. The average molecular weight is 1330 g/mol. The lowest BCUT2D eigenvalue weighted by molar-refractivity contribution is 0.0124. The number of rotatable bonds is 8. The number of fused-ring (bicyclic) bond motifs is 1. The van der Waals surface area contributed by atoms with Gasteiger partial charge >= 0.3 is 30.5 Å². The molecule has 0 bridgehead atoms. The third kappa shape index (κ3) is 24.7. The number of amides is 5. The first-order chi connectivity index (χ1) is 41.2. The minimum atomic E-state index is -0.536. The fourth-order valence-corrected chi connectivity index (χ4v) is 11.2. The second kappa shape index (κ2) is 33.8. The lowest BCUT2D eigenvalue weighted by Crippen LogP contribution is -2.51. The van der Waals surface area contributed by atoms with Crippen LogP contribution in [0.15, 0.2) is 72.8 Å². The molecule has 4 aliphatic heterocycles. The number of aromatic hydroxyl groups is 1. The molecule has 0 saturated carbocycles. The number of halogens is 6. The molecule has 5 aliphatic rings. The summed E-state index contributed by atoms with van der Waals surface area (Å²) in [5.41, 5.74) is 2.98. The third-order valence-corrected chi connectivity index (χ3v) is 15.1. The van der Waals surface area contributed by atoms with E-state index < -0.39 is 11.7 Å². The van der Waals surface area contributed by atoms with Crippen LogP contribution >= 0.6 is 69.6 Å². The van der Waals surface area contributed by atoms with Gasteiger partial charge in [-0.25, -0.2) is 24.0 Å². The van der Waals surface area contributed by atoms with Crippen LogP contribution in [0.4, 0.5) is 24.0 Å². The molecule has 9 rings (SSSR count). The summed E-state index contributed by atoms with van der Waals surface area (Å²) in [5, 5.41) is 19.0. The highest BCUT2D eigenvalue weighted by molar-refractivity contribution is 6.35. The minimum Gasteiger partial charge on any atom is -0.508 e. The molecule has 0 aromatic heterocycles. The molecule has 1 atom stereocenters. The van der Waals surface area contributed by atoms with Crippen molar-refractivity contribution < 1.29 is 57.6 Å². The molecule has 4 heterocycles. The predicted molar refractivity (Wildman–Crippen MR) is 337 cm³/mol. The van der Waals surface area contributed by atoms with Crippen LogP contribution in [0.2, 0.25) is 30.1 Å². The number of nitrogens with zero attached hydrogens (tertiary/aromatic N) is 6. The van der Waals surface area contributed by atoms with Crippen LogP contribution < -0.4 is 10.6 Å². The van der Waals surface area contributed by atoms with E-state index in [0.717, 1.165) is 79.9 Å². The van der Waals surface area contributed by atoms with Gasteiger partial charge in [-0.1, -0.05) is 69.6 Å². The number of Topliss-reactive ketones (excluding diaryl/α,β-unsaturated/α-hetero) is 1. The summed E-state index contributed by atoms with van der Waals surface area (Å²) >= 11 is 35.5. The van der Waals surface area contributed by atoms with E-state index in [0.29, 0.717) is 102 Å². The Balaban J connectivity index is 0.000000194. The second-order valence-electron chi connectivity index (χ2n) is 23.1. The van der Waals surface area contributed by atoms with Crippen molar-refractivity contribution in [3.63, 3.8) is 0 Å². The number of carbonyl (C=O) groups excluding carboxylic acids is 6. The van der Waals surface area contributed by atoms with E-state index in [2.05, 4.69) is 15.5 Å². The first kappa shape index (κ1) is 70.4. The Hall–Kier alpha value is -5.68. The molecule has 3 N–H and O–H groups in total. The van der Waals surface area contributed by atoms with Gasteiger partial charge in [0.2, 0.25) is 0 Å². The van der Waals surface area contributed by atoms with Crippen molar-refractivity contribution in [3.8, 4) is 5.75 Å². The maximum atomic E-state index is 12.8.